The molecule has 0 aliphatic heterocycles. The Morgan fingerprint density at radius 1 is 0.737 bits per heavy atom. The Morgan fingerprint density at radius 2 is 1.37 bits per heavy atom. The molecule has 1 nitrogen and oxygen atoms in total. The van der Waals surface area contributed by atoms with Crippen LogP contribution in [0.15, 0.2) is 35.3 Å². The standard InChI is InChI=1S/C18H21N/c1-12-6-7-14(3)17(10-12)11-19-18-15(4)8-13(2)9-16(18)5/h6-11H,1-5H3. The average molecular weight is 251 g/mol. The molecule has 0 fully saturated rings. The second-order valence-electron chi connectivity index (χ2n) is 5.37. The molecule has 0 N–H and O–H groups in total. The van der Waals surface area contributed by atoms with Crippen molar-refractivity contribution in [2.24, 2.45) is 4.99 Å². The first-order chi connectivity index (χ1) is 8.97. The lowest BCUT2D eigenvalue weighted by molar-refractivity contribution is 1.29. The van der Waals surface area contributed by atoms with Crippen molar-refractivity contribution in [2.75, 3.05) is 0 Å². The van der Waals surface area contributed by atoms with Gasteiger partial charge in [-0.15, -0.1) is 0 Å². The number of benzene rings is 2. The fourth-order valence-corrected chi connectivity index (χ4v) is 2.41. The maximum atomic E-state index is 4.69. The normalized spacial score (nSPS) is 11.2. The maximum Gasteiger partial charge on any atom is 0.0688 e. The molecule has 2 rings (SSSR count). The van der Waals surface area contributed by atoms with Crippen LogP contribution in [0, 0.1) is 34.6 Å². The number of hydrogen-bond donors (Lipinski definition) is 0. The van der Waals surface area contributed by atoms with E-state index in [9.17, 15) is 0 Å². The minimum atomic E-state index is 1.09. The minimum absolute atomic E-state index is 1.09. The zero-order chi connectivity index (χ0) is 14.0. The molecule has 0 aromatic heterocycles. The number of aliphatic imine (C=N–C) groups is 1. The van der Waals surface area contributed by atoms with Gasteiger partial charge in [-0.05, 0) is 56.9 Å². The minimum Gasteiger partial charge on any atom is -0.256 e. The van der Waals surface area contributed by atoms with E-state index < -0.39 is 0 Å². The van der Waals surface area contributed by atoms with Crippen LogP contribution in [0.5, 0.6) is 0 Å². The molecule has 0 bridgehead atoms. The molecule has 0 saturated heterocycles. The topological polar surface area (TPSA) is 12.4 Å². The smallest absolute Gasteiger partial charge is 0.0688 e. The number of nitrogens with zero attached hydrogens (tertiary/aromatic N) is 1. The van der Waals surface area contributed by atoms with Gasteiger partial charge >= 0.3 is 0 Å². The van der Waals surface area contributed by atoms with Crippen molar-refractivity contribution in [1.29, 1.82) is 0 Å². The van der Waals surface area contributed by atoms with E-state index in [1.54, 1.807) is 0 Å². The molecule has 2 aromatic carbocycles. The van der Waals surface area contributed by atoms with Gasteiger partial charge in [-0.25, -0.2) is 0 Å². The van der Waals surface area contributed by atoms with Crippen molar-refractivity contribution < 1.29 is 0 Å². The molecule has 0 heterocycles. The van der Waals surface area contributed by atoms with Gasteiger partial charge in [0, 0.05) is 6.21 Å². The molecule has 0 radical (unpaired) electrons. The predicted octanol–water partition coefficient (Wildman–Crippen LogP) is 4.98. The SMILES string of the molecule is Cc1cc(C)c(N=Cc2cc(C)ccc2C)c(C)c1. The molecular weight excluding hydrogens is 230 g/mol. The van der Waals surface area contributed by atoms with Crippen molar-refractivity contribution in [1.82, 2.24) is 0 Å². The molecule has 0 atom stereocenters. The van der Waals surface area contributed by atoms with Crippen LogP contribution < -0.4 is 0 Å². The second-order valence-corrected chi connectivity index (χ2v) is 5.37. The summed E-state index contributed by atoms with van der Waals surface area (Å²) >= 11 is 0. The third-order valence-electron chi connectivity index (χ3n) is 3.40. The maximum absolute atomic E-state index is 4.69. The van der Waals surface area contributed by atoms with Crippen molar-refractivity contribution in [3.05, 3.63) is 63.7 Å². The predicted molar refractivity (Wildman–Crippen MR) is 83.8 cm³/mol. The van der Waals surface area contributed by atoms with Gasteiger partial charge in [-0.1, -0.05) is 41.5 Å². The summed E-state index contributed by atoms with van der Waals surface area (Å²) < 4.78 is 0. The van der Waals surface area contributed by atoms with Crippen molar-refractivity contribution in [3.63, 3.8) is 0 Å². The molecule has 0 spiro atoms. The van der Waals surface area contributed by atoms with E-state index >= 15 is 0 Å². The van der Waals surface area contributed by atoms with Gasteiger partial charge in [0.05, 0.1) is 5.69 Å². The monoisotopic (exact) mass is 251 g/mol. The highest BCUT2D eigenvalue weighted by Gasteiger charge is 2.02. The Morgan fingerprint density at radius 3 is 2.00 bits per heavy atom. The highest BCUT2D eigenvalue weighted by atomic mass is 14.7. The Balaban J connectivity index is 2.41. The quantitative estimate of drug-likeness (QED) is 0.667. The summed E-state index contributed by atoms with van der Waals surface area (Å²) in [5, 5.41) is 0. The van der Waals surface area contributed by atoms with Crippen LogP contribution in [0.3, 0.4) is 0 Å². The molecule has 0 saturated carbocycles. The lowest BCUT2D eigenvalue weighted by atomic mass is 10.0. The van der Waals surface area contributed by atoms with Gasteiger partial charge in [0.25, 0.3) is 0 Å². The largest absolute Gasteiger partial charge is 0.256 e. The molecule has 19 heavy (non-hydrogen) atoms. The molecule has 0 aliphatic carbocycles. The molecule has 2 aromatic rings. The van der Waals surface area contributed by atoms with Crippen LogP contribution in [0.1, 0.15) is 33.4 Å². The van der Waals surface area contributed by atoms with E-state index in [0.29, 0.717) is 0 Å². The number of rotatable bonds is 2. The van der Waals surface area contributed by atoms with Gasteiger partial charge in [0.1, 0.15) is 0 Å². The summed E-state index contributed by atoms with van der Waals surface area (Å²) in [6, 6.07) is 10.8. The molecular formula is C18H21N. The fraction of sp³-hybridized carbons (Fsp3) is 0.278. The summed E-state index contributed by atoms with van der Waals surface area (Å²) in [6.07, 6.45) is 1.98. The van der Waals surface area contributed by atoms with Crippen LogP contribution in [0.4, 0.5) is 5.69 Å². The summed E-state index contributed by atoms with van der Waals surface area (Å²) in [7, 11) is 0. The van der Waals surface area contributed by atoms with E-state index in [2.05, 4.69) is 65.0 Å². The number of hydrogen-bond acceptors (Lipinski definition) is 1. The van der Waals surface area contributed by atoms with E-state index in [-0.39, 0.29) is 0 Å². The lowest BCUT2D eigenvalue weighted by Gasteiger charge is -2.07. The molecule has 0 aliphatic rings. The van der Waals surface area contributed by atoms with Crippen LogP contribution in [0.2, 0.25) is 0 Å². The van der Waals surface area contributed by atoms with E-state index in [1.807, 2.05) is 6.21 Å². The van der Waals surface area contributed by atoms with E-state index in [4.69, 9.17) is 4.99 Å². The van der Waals surface area contributed by atoms with Crippen molar-refractivity contribution in [3.8, 4) is 0 Å². The first kappa shape index (κ1) is 13.5. The Kier molecular flexibility index (Phi) is 3.84. The molecule has 0 unspecified atom stereocenters. The summed E-state index contributed by atoms with van der Waals surface area (Å²) in [5.41, 5.74) is 8.57. The van der Waals surface area contributed by atoms with Gasteiger partial charge in [0.2, 0.25) is 0 Å². The molecule has 98 valence electrons. The van der Waals surface area contributed by atoms with Gasteiger partial charge in [0.15, 0.2) is 0 Å². The van der Waals surface area contributed by atoms with Crippen LogP contribution in [-0.4, -0.2) is 6.21 Å². The van der Waals surface area contributed by atoms with Crippen LogP contribution >= 0.6 is 0 Å². The third-order valence-corrected chi connectivity index (χ3v) is 3.40. The van der Waals surface area contributed by atoms with Gasteiger partial charge < -0.3 is 0 Å². The van der Waals surface area contributed by atoms with Crippen LogP contribution in [0.25, 0.3) is 0 Å². The van der Waals surface area contributed by atoms with Crippen molar-refractivity contribution >= 4 is 11.9 Å². The zero-order valence-electron chi connectivity index (χ0n) is 12.4. The first-order valence-corrected chi connectivity index (χ1v) is 6.66. The molecule has 0 amide bonds. The summed E-state index contributed by atoms with van der Waals surface area (Å²) in [5.74, 6) is 0. The Labute approximate surface area is 116 Å². The Bertz CT molecular complexity index is 613. The summed E-state index contributed by atoms with van der Waals surface area (Å²) in [4.78, 5) is 4.69. The van der Waals surface area contributed by atoms with Gasteiger partial charge in [-0.3, -0.25) is 4.99 Å². The first-order valence-electron chi connectivity index (χ1n) is 6.66. The molecule has 1 heteroatoms. The van der Waals surface area contributed by atoms with Crippen LogP contribution in [-0.2, 0) is 0 Å². The van der Waals surface area contributed by atoms with E-state index in [1.165, 1.54) is 33.4 Å². The highest BCUT2D eigenvalue weighted by Crippen LogP contribution is 2.25. The summed E-state index contributed by atoms with van der Waals surface area (Å²) in [6.45, 7) is 10.6. The fourth-order valence-electron chi connectivity index (χ4n) is 2.41. The third kappa shape index (κ3) is 3.11. The number of aryl methyl sites for hydroxylation is 5. The Hall–Kier alpha value is -1.89. The van der Waals surface area contributed by atoms with Gasteiger partial charge in [-0.2, -0.15) is 0 Å². The highest BCUT2D eigenvalue weighted by molar-refractivity contribution is 5.84. The average Bonchev–Trinajstić information content (AvgIpc) is 2.32. The second kappa shape index (κ2) is 5.40. The zero-order valence-corrected chi connectivity index (χ0v) is 12.4. The lowest BCUT2D eigenvalue weighted by Crippen LogP contribution is -1.89. The van der Waals surface area contributed by atoms with Crippen molar-refractivity contribution in [2.45, 2.75) is 34.6 Å². The van der Waals surface area contributed by atoms with E-state index in [0.717, 1.165) is 5.69 Å².